The average Bonchev–Trinajstić information content (AvgIpc) is 2.03. The summed E-state index contributed by atoms with van der Waals surface area (Å²) in [5, 5.41) is 3.40. The molecule has 0 bridgehead atoms. The predicted octanol–water partition coefficient (Wildman–Crippen LogP) is 1.97. The summed E-state index contributed by atoms with van der Waals surface area (Å²) in [6.07, 6.45) is 4.80. The van der Waals surface area contributed by atoms with Crippen molar-refractivity contribution in [1.82, 2.24) is 5.32 Å². The van der Waals surface area contributed by atoms with Crippen LogP contribution in [0.2, 0.25) is 0 Å². The van der Waals surface area contributed by atoms with E-state index in [1.54, 1.807) is 0 Å². The summed E-state index contributed by atoms with van der Waals surface area (Å²) < 4.78 is 5.75. The van der Waals surface area contributed by atoms with Gasteiger partial charge in [0.05, 0.1) is 6.10 Å². The Morgan fingerprint density at radius 1 is 1.54 bits per heavy atom. The van der Waals surface area contributed by atoms with Gasteiger partial charge in [-0.2, -0.15) is 0 Å². The molecule has 1 fully saturated rings. The Morgan fingerprint density at radius 3 is 2.77 bits per heavy atom. The van der Waals surface area contributed by atoms with E-state index < -0.39 is 0 Å². The molecular weight excluding hydrogens is 162 g/mol. The Labute approximate surface area is 81.4 Å². The van der Waals surface area contributed by atoms with Crippen molar-refractivity contribution in [2.75, 3.05) is 13.2 Å². The molecule has 0 saturated heterocycles. The molecule has 0 heterocycles. The Hall–Kier alpha value is -0.340. The van der Waals surface area contributed by atoms with Crippen LogP contribution in [-0.4, -0.2) is 25.3 Å². The molecule has 0 aromatic heterocycles. The topological polar surface area (TPSA) is 21.3 Å². The fraction of sp³-hybridized carbons (Fsp3) is 0.818. The van der Waals surface area contributed by atoms with Gasteiger partial charge in [-0.05, 0) is 18.8 Å². The molecule has 0 radical (unpaired) electrons. The van der Waals surface area contributed by atoms with Crippen molar-refractivity contribution in [3.05, 3.63) is 12.7 Å². The molecule has 1 saturated carbocycles. The van der Waals surface area contributed by atoms with E-state index in [0.717, 1.165) is 13.2 Å². The van der Waals surface area contributed by atoms with Crippen LogP contribution < -0.4 is 5.32 Å². The van der Waals surface area contributed by atoms with Crippen molar-refractivity contribution >= 4 is 0 Å². The van der Waals surface area contributed by atoms with Gasteiger partial charge in [0.25, 0.3) is 0 Å². The van der Waals surface area contributed by atoms with Crippen LogP contribution in [-0.2, 0) is 4.74 Å². The van der Waals surface area contributed by atoms with Crippen molar-refractivity contribution in [1.29, 1.82) is 0 Å². The number of rotatable bonds is 6. The number of nitrogens with one attached hydrogen (secondary N) is 1. The van der Waals surface area contributed by atoms with Crippen molar-refractivity contribution in [2.45, 2.75) is 38.8 Å². The van der Waals surface area contributed by atoms with Gasteiger partial charge in [0.1, 0.15) is 0 Å². The zero-order valence-corrected chi connectivity index (χ0v) is 8.75. The lowest BCUT2D eigenvalue weighted by Crippen LogP contribution is -2.49. The highest BCUT2D eigenvalue weighted by atomic mass is 16.5. The SMILES string of the molecule is C=CCNC1CCC1OCC(C)C. The van der Waals surface area contributed by atoms with Crippen molar-refractivity contribution < 1.29 is 4.74 Å². The quantitative estimate of drug-likeness (QED) is 0.636. The lowest BCUT2D eigenvalue weighted by atomic mass is 9.89. The van der Waals surface area contributed by atoms with Crippen molar-refractivity contribution in [2.24, 2.45) is 5.92 Å². The minimum atomic E-state index is 0.447. The van der Waals surface area contributed by atoms with Gasteiger partial charge >= 0.3 is 0 Å². The molecule has 76 valence electrons. The molecule has 2 atom stereocenters. The molecule has 0 aromatic rings. The van der Waals surface area contributed by atoms with Crippen LogP contribution in [0.5, 0.6) is 0 Å². The number of hydrogen-bond acceptors (Lipinski definition) is 2. The minimum absolute atomic E-state index is 0.447. The second kappa shape index (κ2) is 5.40. The number of hydrogen-bond donors (Lipinski definition) is 1. The monoisotopic (exact) mass is 183 g/mol. The predicted molar refractivity (Wildman–Crippen MR) is 55.8 cm³/mol. The third-order valence-corrected chi connectivity index (χ3v) is 2.38. The Balaban J connectivity index is 2.09. The highest BCUT2D eigenvalue weighted by molar-refractivity contribution is 4.89. The first-order chi connectivity index (χ1) is 6.24. The third-order valence-electron chi connectivity index (χ3n) is 2.38. The summed E-state index contributed by atoms with van der Waals surface area (Å²) in [5.41, 5.74) is 0. The lowest BCUT2D eigenvalue weighted by Gasteiger charge is -2.37. The molecule has 1 aliphatic rings. The Kier molecular flexibility index (Phi) is 4.46. The summed E-state index contributed by atoms with van der Waals surface area (Å²) in [6, 6.07) is 0.566. The first kappa shape index (κ1) is 10.7. The first-order valence-corrected chi connectivity index (χ1v) is 5.20. The van der Waals surface area contributed by atoms with Gasteiger partial charge in [0.15, 0.2) is 0 Å². The van der Waals surface area contributed by atoms with Gasteiger partial charge < -0.3 is 10.1 Å². The Morgan fingerprint density at radius 2 is 2.31 bits per heavy atom. The van der Waals surface area contributed by atoms with E-state index in [1.807, 2.05) is 6.08 Å². The Bertz CT molecular complexity index is 156. The molecule has 13 heavy (non-hydrogen) atoms. The summed E-state index contributed by atoms with van der Waals surface area (Å²) in [6.45, 7) is 9.84. The second-order valence-corrected chi connectivity index (χ2v) is 4.15. The van der Waals surface area contributed by atoms with E-state index in [9.17, 15) is 0 Å². The van der Waals surface area contributed by atoms with E-state index >= 15 is 0 Å². The highest BCUT2D eigenvalue weighted by Gasteiger charge is 2.30. The average molecular weight is 183 g/mol. The molecule has 0 amide bonds. The summed E-state index contributed by atoms with van der Waals surface area (Å²) >= 11 is 0. The molecule has 1 rings (SSSR count). The van der Waals surface area contributed by atoms with Crippen molar-refractivity contribution in [3.8, 4) is 0 Å². The molecule has 2 unspecified atom stereocenters. The molecule has 1 aliphatic carbocycles. The van der Waals surface area contributed by atoms with Crippen LogP contribution in [0.4, 0.5) is 0 Å². The van der Waals surface area contributed by atoms with Crippen LogP contribution in [0.1, 0.15) is 26.7 Å². The van der Waals surface area contributed by atoms with Crippen LogP contribution in [0, 0.1) is 5.92 Å². The van der Waals surface area contributed by atoms with Gasteiger partial charge in [0, 0.05) is 19.2 Å². The maximum Gasteiger partial charge on any atom is 0.0728 e. The first-order valence-electron chi connectivity index (χ1n) is 5.20. The fourth-order valence-electron chi connectivity index (χ4n) is 1.45. The maximum atomic E-state index is 5.75. The van der Waals surface area contributed by atoms with Crippen LogP contribution in [0.15, 0.2) is 12.7 Å². The van der Waals surface area contributed by atoms with Gasteiger partial charge in [-0.3, -0.25) is 0 Å². The third kappa shape index (κ3) is 3.49. The second-order valence-electron chi connectivity index (χ2n) is 4.15. The summed E-state index contributed by atoms with van der Waals surface area (Å²) in [7, 11) is 0. The van der Waals surface area contributed by atoms with E-state index in [4.69, 9.17) is 4.74 Å². The lowest BCUT2D eigenvalue weighted by molar-refractivity contribution is -0.0357. The standard InChI is InChI=1S/C11H21NO/c1-4-7-12-10-5-6-11(10)13-8-9(2)3/h4,9-12H,1,5-8H2,2-3H3. The highest BCUT2D eigenvalue weighted by Crippen LogP contribution is 2.23. The normalized spacial score (nSPS) is 27.3. The van der Waals surface area contributed by atoms with Gasteiger partial charge in [-0.1, -0.05) is 19.9 Å². The largest absolute Gasteiger partial charge is 0.376 e. The molecule has 0 aliphatic heterocycles. The molecule has 0 spiro atoms. The van der Waals surface area contributed by atoms with Gasteiger partial charge in [-0.25, -0.2) is 0 Å². The maximum absolute atomic E-state index is 5.75. The van der Waals surface area contributed by atoms with Crippen LogP contribution >= 0.6 is 0 Å². The molecule has 1 N–H and O–H groups in total. The van der Waals surface area contributed by atoms with Crippen molar-refractivity contribution in [3.63, 3.8) is 0 Å². The molecule has 2 heteroatoms. The molecule has 2 nitrogen and oxygen atoms in total. The summed E-state index contributed by atoms with van der Waals surface area (Å²) in [4.78, 5) is 0. The van der Waals surface area contributed by atoms with E-state index in [0.29, 0.717) is 18.1 Å². The number of ether oxygens (including phenoxy) is 1. The van der Waals surface area contributed by atoms with E-state index in [1.165, 1.54) is 12.8 Å². The van der Waals surface area contributed by atoms with E-state index in [-0.39, 0.29) is 0 Å². The van der Waals surface area contributed by atoms with E-state index in [2.05, 4.69) is 25.7 Å². The van der Waals surface area contributed by atoms with Crippen LogP contribution in [0.3, 0.4) is 0 Å². The smallest absolute Gasteiger partial charge is 0.0728 e. The minimum Gasteiger partial charge on any atom is -0.376 e. The fourth-order valence-corrected chi connectivity index (χ4v) is 1.45. The van der Waals surface area contributed by atoms with Crippen LogP contribution in [0.25, 0.3) is 0 Å². The molecule has 0 aromatic carbocycles. The van der Waals surface area contributed by atoms with Gasteiger partial charge in [-0.15, -0.1) is 6.58 Å². The van der Waals surface area contributed by atoms with Gasteiger partial charge in [0.2, 0.25) is 0 Å². The zero-order valence-electron chi connectivity index (χ0n) is 8.75. The zero-order chi connectivity index (χ0) is 9.68. The summed E-state index contributed by atoms with van der Waals surface area (Å²) in [5.74, 6) is 0.639. The molecular formula is C11H21NO.